The van der Waals surface area contributed by atoms with Gasteiger partial charge in [0.25, 0.3) is 5.69 Å². The highest BCUT2D eigenvalue weighted by molar-refractivity contribution is 7.89. The van der Waals surface area contributed by atoms with Crippen LogP contribution in [0.3, 0.4) is 0 Å². The van der Waals surface area contributed by atoms with E-state index in [1.807, 2.05) is 6.92 Å². The predicted octanol–water partition coefficient (Wildman–Crippen LogP) is 1.30. The Balaban J connectivity index is 0.00000220. The van der Waals surface area contributed by atoms with Crippen LogP contribution in [0.15, 0.2) is 23.1 Å². The molecule has 1 aromatic rings. The van der Waals surface area contributed by atoms with Crippen molar-refractivity contribution in [3.8, 4) is 0 Å². The number of benzene rings is 1. The average molecular weight is 336 g/mol. The van der Waals surface area contributed by atoms with Crippen LogP contribution in [0.1, 0.15) is 18.9 Å². The van der Waals surface area contributed by atoms with Crippen molar-refractivity contribution in [3.63, 3.8) is 0 Å². The van der Waals surface area contributed by atoms with Gasteiger partial charge in [-0.1, -0.05) is 13.0 Å². The Labute approximate surface area is 129 Å². The van der Waals surface area contributed by atoms with E-state index in [1.165, 1.54) is 16.4 Å². The minimum Gasteiger partial charge on any atom is -0.326 e. The first-order chi connectivity index (χ1) is 9.36. The van der Waals surface area contributed by atoms with Crippen molar-refractivity contribution < 1.29 is 13.3 Å². The molecule has 2 N–H and O–H groups in total. The molecule has 9 heteroatoms. The predicted molar refractivity (Wildman–Crippen MR) is 81.1 cm³/mol. The number of hydrogen-bond donors (Lipinski definition) is 1. The number of nitrogens with zero attached hydrogens (tertiary/aromatic N) is 2. The van der Waals surface area contributed by atoms with Gasteiger partial charge in [-0.05, 0) is 18.4 Å². The van der Waals surface area contributed by atoms with E-state index in [1.54, 1.807) is 0 Å². The van der Waals surface area contributed by atoms with E-state index >= 15 is 0 Å². The highest BCUT2D eigenvalue weighted by Crippen LogP contribution is 2.27. The Morgan fingerprint density at radius 2 is 2.14 bits per heavy atom. The van der Waals surface area contributed by atoms with Crippen molar-refractivity contribution in [2.45, 2.75) is 30.7 Å². The Hall–Kier alpha value is -1.22. The third-order valence-corrected chi connectivity index (χ3v) is 5.40. The van der Waals surface area contributed by atoms with E-state index in [0.717, 1.165) is 6.07 Å². The topological polar surface area (TPSA) is 107 Å². The number of nitro benzene ring substituents is 1. The Morgan fingerprint density at radius 3 is 2.62 bits per heavy atom. The van der Waals surface area contributed by atoms with Crippen LogP contribution in [0.25, 0.3) is 0 Å². The minimum absolute atomic E-state index is 0. The van der Waals surface area contributed by atoms with E-state index < -0.39 is 14.9 Å². The summed E-state index contributed by atoms with van der Waals surface area (Å²) in [6.45, 7) is 2.43. The molecular weight excluding hydrogens is 318 g/mol. The average Bonchev–Trinajstić information content (AvgIpc) is 2.85. The molecule has 0 unspecified atom stereocenters. The second kappa shape index (κ2) is 6.69. The van der Waals surface area contributed by atoms with Crippen LogP contribution in [0, 0.1) is 10.1 Å². The second-order valence-electron chi connectivity index (χ2n) is 4.81. The molecular formula is C12H18ClN3O4S. The van der Waals surface area contributed by atoms with Gasteiger partial charge in [-0.15, -0.1) is 12.4 Å². The first-order valence-corrected chi connectivity index (χ1v) is 7.83. The third-order valence-electron chi connectivity index (χ3n) is 3.45. The Bertz CT molecular complexity index is 635. The summed E-state index contributed by atoms with van der Waals surface area (Å²) in [4.78, 5) is 10.3. The van der Waals surface area contributed by atoms with Crippen molar-refractivity contribution >= 4 is 28.1 Å². The van der Waals surface area contributed by atoms with E-state index in [2.05, 4.69) is 0 Å². The number of non-ortho nitro benzene ring substituents is 1. The van der Waals surface area contributed by atoms with Gasteiger partial charge in [-0.3, -0.25) is 10.1 Å². The molecule has 1 fully saturated rings. The fraction of sp³-hybridized carbons (Fsp3) is 0.500. The summed E-state index contributed by atoms with van der Waals surface area (Å²) >= 11 is 0. The van der Waals surface area contributed by atoms with Crippen LogP contribution < -0.4 is 5.73 Å². The molecule has 1 atom stereocenters. The maximum absolute atomic E-state index is 12.6. The van der Waals surface area contributed by atoms with Gasteiger partial charge < -0.3 is 5.73 Å². The summed E-state index contributed by atoms with van der Waals surface area (Å²) in [6.07, 6.45) is 1.10. The number of nitro groups is 1. The summed E-state index contributed by atoms with van der Waals surface area (Å²) in [7, 11) is -3.72. The zero-order valence-electron chi connectivity index (χ0n) is 11.6. The molecule has 0 saturated carbocycles. The van der Waals surface area contributed by atoms with Gasteiger partial charge in [0.2, 0.25) is 10.0 Å². The molecule has 0 bridgehead atoms. The summed E-state index contributed by atoms with van der Waals surface area (Å²) < 4.78 is 26.5. The van der Waals surface area contributed by atoms with Crippen LogP contribution in [-0.2, 0) is 16.4 Å². The van der Waals surface area contributed by atoms with Gasteiger partial charge >= 0.3 is 0 Å². The van der Waals surface area contributed by atoms with E-state index in [4.69, 9.17) is 5.73 Å². The first-order valence-electron chi connectivity index (χ1n) is 6.39. The smallest absolute Gasteiger partial charge is 0.270 e. The zero-order chi connectivity index (χ0) is 14.9. The van der Waals surface area contributed by atoms with Gasteiger partial charge in [0, 0.05) is 31.3 Å². The van der Waals surface area contributed by atoms with Crippen LogP contribution in [0.4, 0.5) is 5.69 Å². The molecule has 2 rings (SSSR count). The van der Waals surface area contributed by atoms with E-state index in [-0.39, 0.29) is 35.6 Å². The normalized spacial score (nSPS) is 19.2. The lowest BCUT2D eigenvalue weighted by molar-refractivity contribution is -0.385. The molecule has 0 aromatic heterocycles. The van der Waals surface area contributed by atoms with E-state index in [9.17, 15) is 18.5 Å². The maximum atomic E-state index is 12.6. The molecule has 0 amide bonds. The van der Waals surface area contributed by atoms with Crippen molar-refractivity contribution in [2.24, 2.45) is 5.73 Å². The van der Waals surface area contributed by atoms with Crippen LogP contribution in [-0.4, -0.2) is 36.8 Å². The molecule has 7 nitrogen and oxygen atoms in total. The number of nitrogens with two attached hydrogens (primary N) is 1. The molecule has 0 spiro atoms. The maximum Gasteiger partial charge on any atom is 0.270 e. The molecule has 118 valence electrons. The van der Waals surface area contributed by atoms with Gasteiger partial charge in [-0.2, -0.15) is 4.31 Å². The van der Waals surface area contributed by atoms with Gasteiger partial charge in [-0.25, -0.2) is 8.42 Å². The monoisotopic (exact) mass is 335 g/mol. The first kappa shape index (κ1) is 17.8. The minimum atomic E-state index is -3.72. The quantitative estimate of drug-likeness (QED) is 0.659. The second-order valence-corrected chi connectivity index (χ2v) is 6.72. The molecule has 1 aromatic carbocycles. The summed E-state index contributed by atoms with van der Waals surface area (Å²) in [6, 6.07) is 3.79. The summed E-state index contributed by atoms with van der Waals surface area (Å²) in [5.41, 5.74) is 6.10. The zero-order valence-corrected chi connectivity index (χ0v) is 13.2. The fourth-order valence-electron chi connectivity index (χ4n) is 2.30. The van der Waals surface area contributed by atoms with Gasteiger partial charge in [0.05, 0.1) is 9.82 Å². The lowest BCUT2D eigenvalue weighted by Crippen LogP contribution is -2.32. The largest absolute Gasteiger partial charge is 0.326 e. The lowest BCUT2D eigenvalue weighted by Gasteiger charge is -2.18. The number of hydrogen-bond acceptors (Lipinski definition) is 5. The third kappa shape index (κ3) is 3.52. The summed E-state index contributed by atoms with van der Waals surface area (Å²) in [5.74, 6) is 0. The number of rotatable bonds is 4. The fourth-order valence-corrected chi connectivity index (χ4v) is 4.13. The molecule has 0 aliphatic carbocycles. The van der Waals surface area contributed by atoms with Crippen LogP contribution in [0.5, 0.6) is 0 Å². The Kier molecular flexibility index (Phi) is 5.68. The Morgan fingerprint density at radius 1 is 1.48 bits per heavy atom. The highest BCUT2D eigenvalue weighted by Gasteiger charge is 2.33. The number of halogens is 1. The summed E-state index contributed by atoms with van der Waals surface area (Å²) in [5, 5.41) is 10.8. The number of sulfonamides is 1. The van der Waals surface area contributed by atoms with Crippen molar-refractivity contribution in [3.05, 3.63) is 33.9 Å². The van der Waals surface area contributed by atoms with Crippen molar-refractivity contribution in [1.82, 2.24) is 4.31 Å². The number of aryl methyl sites for hydroxylation is 1. The highest BCUT2D eigenvalue weighted by atomic mass is 35.5. The van der Waals surface area contributed by atoms with Gasteiger partial charge in [0.1, 0.15) is 0 Å². The molecule has 1 heterocycles. The van der Waals surface area contributed by atoms with E-state index in [0.29, 0.717) is 24.9 Å². The molecule has 1 aliphatic heterocycles. The molecule has 0 radical (unpaired) electrons. The molecule has 1 saturated heterocycles. The standard InChI is InChI=1S/C12H17N3O4S.ClH/c1-2-9-3-4-11(15(16)17)7-12(9)20(18,19)14-6-5-10(13)8-14;/h3-4,7,10H,2,5-6,8,13H2,1H3;1H/t10-;/m1./s1. The van der Waals surface area contributed by atoms with Crippen LogP contribution >= 0.6 is 12.4 Å². The van der Waals surface area contributed by atoms with Crippen LogP contribution in [0.2, 0.25) is 0 Å². The van der Waals surface area contributed by atoms with Crippen molar-refractivity contribution in [1.29, 1.82) is 0 Å². The molecule has 1 aliphatic rings. The lowest BCUT2D eigenvalue weighted by atomic mass is 10.1. The SMILES string of the molecule is CCc1ccc([N+](=O)[O-])cc1S(=O)(=O)N1CC[C@@H](N)C1.Cl. The van der Waals surface area contributed by atoms with Crippen molar-refractivity contribution in [2.75, 3.05) is 13.1 Å². The molecule has 21 heavy (non-hydrogen) atoms. The van der Waals surface area contributed by atoms with Gasteiger partial charge in [0.15, 0.2) is 0 Å².